The third kappa shape index (κ3) is 2.75. The van der Waals surface area contributed by atoms with E-state index in [1.165, 1.54) is 5.56 Å². The minimum atomic E-state index is -0.375. The van der Waals surface area contributed by atoms with Gasteiger partial charge in [-0.1, -0.05) is 29.8 Å². The molecule has 0 N–H and O–H groups in total. The van der Waals surface area contributed by atoms with Gasteiger partial charge in [-0.15, -0.1) is 0 Å². The van der Waals surface area contributed by atoms with Crippen molar-refractivity contribution in [2.45, 2.75) is 25.9 Å². The predicted octanol–water partition coefficient (Wildman–Crippen LogP) is 2.75. The van der Waals surface area contributed by atoms with E-state index in [1.54, 1.807) is 11.1 Å². The summed E-state index contributed by atoms with van der Waals surface area (Å²) < 4.78 is 5.54. The quantitative estimate of drug-likeness (QED) is 0.772. The maximum absolute atomic E-state index is 13.2. The summed E-state index contributed by atoms with van der Waals surface area (Å²) in [6.45, 7) is 5.60. The Labute approximate surface area is 151 Å². The fourth-order valence-electron chi connectivity index (χ4n) is 3.46. The number of hydrogen-bond donors (Lipinski definition) is 0. The molecule has 4 rings (SSSR count). The first-order valence-corrected chi connectivity index (χ1v) is 8.70. The summed E-state index contributed by atoms with van der Waals surface area (Å²) in [7, 11) is 0. The minimum Gasteiger partial charge on any atom is -0.377 e. The number of aryl methyl sites for hydroxylation is 1. The standard InChI is InChI=1S/C18H19ClN4O2/c1-11-3-5-13(6-4-11)12(2)23-14-9-20-18(19)21-16(14)22-7-8-25-10-15(22)17(23)24/h3-6,9,12,15H,7-8,10H2,1-2H3/t12-,15-/m0/s1. The maximum atomic E-state index is 13.2. The van der Waals surface area contributed by atoms with Crippen LogP contribution >= 0.6 is 11.6 Å². The molecule has 0 aliphatic carbocycles. The fraction of sp³-hybridized carbons (Fsp3) is 0.389. The van der Waals surface area contributed by atoms with E-state index in [1.807, 2.05) is 30.9 Å². The Morgan fingerprint density at radius 2 is 2.08 bits per heavy atom. The highest BCUT2D eigenvalue weighted by atomic mass is 35.5. The molecule has 2 aliphatic rings. The van der Waals surface area contributed by atoms with Crippen LogP contribution in [0.2, 0.25) is 5.28 Å². The number of aromatic nitrogens is 2. The number of rotatable bonds is 2. The molecule has 1 saturated heterocycles. The zero-order valence-corrected chi connectivity index (χ0v) is 14.9. The molecule has 0 spiro atoms. The van der Waals surface area contributed by atoms with Crippen molar-refractivity contribution in [3.63, 3.8) is 0 Å². The SMILES string of the molecule is Cc1ccc([C@H](C)N2C(=O)[C@@H]3COCCN3c3nc(Cl)ncc32)cc1. The molecule has 0 bridgehead atoms. The van der Waals surface area contributed by atoms with Crippen molar-refractivity contribution in [3.05, 3.63) is 46.9 Å². The van der Waals surface area contributed by atoms with Crippen LogP contribution in [-0.2, 0) is 9.53 Å². The average molecular weight is 359 g/mol. The van der Waals surface area contributed by atoms with Crippen LogP contribution in [0, 0.1) is 6.92 Å². The number of amides is 1. The van der Waals surface area contributed by atoms with Crippen LogP contribution in [0.1, 0.15) is 24.1 Å². The molecular weight excluding hydrogens is 340 g/mol. The lowest BCUT2D eigenvalue weighted by molar-refractivity contribution is -0.123. The number of anilines is 2. The van der Waals surface area contributed by atoms with E-state index >= 15 is 0 Å². The number of nitrogens with zero attached hydrogens (tertiary/aromatic N) is 4. The number of ether oxygens (including phenoxy) is 1. The lowest BCUT2D eigenvalue weighted by Gasteiger charge is -2.45. The van der Waals surface area contributed by atoms with Gasteiger partial charge in [-0.05, 0) is 31.0 Å². The Morgan fingerprint density at radius 3 is 2.84 bits per heavy atom. The molecule has 0 unspecified atom stereocenters. The molecule has 0 saturated carbocycles. The van der Waals surface area contributed by atoms with Crippen LogP contribution in [0.15, 0.2) is 30.5 Å². The lowest BCUT2D eigenvalue weighted by atomic mass is 10.0. The molecule has 2 aliphatic heterocycles. The van der Waals surface area contributed by atoms with Gasteiger partial charge in [0.15, 0.2) is 5.82 Å². The van der Waals surface area contributed by atoms with E-state index in [4.69, 9.17) is 16.3 Å². The average Bonchev–Trinajstić information content (AvgIpc) is 2.63. The third-order valence-electron chi connectivity index (χ3n) is 4.85. The van der Waals surface area contributed by atoms with Gasteiger partial charge in [0.25, 0.3) is 5.91 Å². The predicted molar refractivity (Wildman–Crippen MR) is 96.1 cm³/mol. The van der Waals surface area contributed by atoms with Gasteiger partial charge in [0.05, 0.1) is 25.5 Å². The van der Waals surface area contributed by atoms with Crippen molar-refractivity contribution >= 4 is 29.0 Å². The van der Waals surface area contributed by atoms with Crippen LogP contribution in [0.5, 0.6) is 0 Å². The topological polar surface area (TPSA) is 58.6 Å². The van der Waals surface area contributed by atoms with Crippen molar-refractivity contribution in [1.29, 1.82) is 0 Å². The van der Waals surface area contributed by atoms with Crippen LogP contribution in [0.4, 0.5) is 11.5 Å². The normalized spacial score (nSPS) is 20.9. The van der Waals surface area contributed by atoms with Gasteiger partial charge in [-0.3, -0.25) is 9.69 Å². The van der Waals surface area contributed by atoms with Gasteiger partial charge >= 0.3 is 0 Å². The van der Waals surface area contributed by atoms with E-state index in [0.29, 0.717) is 31.3 Å². The van der Waals surface area contributed by atoms with Gasteiger partial charge in [-0.25, -0.2) is 4.98 Å². The highest BCUT2D eigenvalue weighted by molar-refractivity contribution is 6.28. The highest BCUT2D eigenvalue weighted by Crippen LogP contribution is 2.40. The summed E-state index contributed by atoms with van der Waals surface area (Å²) >= 11 is 6.02. The van der Waals surface area contributed by atoms with Crippen molar-refractivity contribution in [3.8, 4) is 0 Å². The van der Waals surface area contributed by atoms with Gasteiger partial charge in [-0.2, -0.15) is 4.98 Å². The molecule has 3 heterocycles. The Balaban J connectivity index is 1.80. The van der Waals surface area contributed by atoms with E-state index in [0.717, 1.165) is 5.56 Å². The zero-order chi connectivity index (χ0) is 17.6. The maximum Gasteiger partial charge on any atom is 0.252 e. The molecule has 2 aromatic rings. The largest absolute Gasteiger partial charge is 0.377 e. The van der Waals surface area contributed by atoms with Crippen molar-refractivity contribution in [2.24, 2.45) is 0 Å². The van der Waals surface area contributed by atoms with Gasteiger partial charge in [0, 0.05) is 6.54 Å². The highest BCUT2D eigenvalue weighted by Gasteiger charge is 2.43. The Morgan fingerprint density at radius 1 is 1.32 bits per heavy atom. The van der Waals surface area contributed by atoms with E-state index in [9.17, 15) is 4.79 Å². The number of fused-ring (bicyclic) bond motifs is 3. The molecule has 7 heteroatoms. The second-order valence-electron chi connectivity index (χ2n) is 6.43. The van der Waals surface area contributed by atoms with Crippen molar-refractivity contribution in [1.82, 2.24) is 9.97 Å². The Kier molecular flexibility index (Phi) is 4.09. The summed E-state index contributed by atoms with van der Waals surface area (Å²) in [6.07, 6.45) is 1.64. The molecule has 1 fully saturated rings. The number of carbonyl (C=O) groups is 1. The van der Waals surface area contributed by atoms with E-state index in [2.05, 4.69) is 22.1 Å². The lowest BCUT2D eigenvalue weighted by Crippen LogP contribution is -2.59. The van der Waals surface area contributed by atoms with Crippen molar-refractivity contribution in [2.75, 3.05) is 29.6 Å². The fourth-order valence-corrected chi connectivity index (χ4v) is 3.59. The van der Waals surface area contributed by atoms with Gasteiger partial charge < -0.3 is 9.64 Å². The second kappa shape index (κ2) is 6.28. The molecule has 25 heavy (non-hydrogen) atoms. The van der Waals surface area contributed by atoms with Gasteiger partial charge in [0.1, 0.15) is 11.7 Å². The smallest absolute Gasteiger partial charge is 0.252 e. The van der Waals surface area contributed by atoms with Gasteiger partial charge in [0.2, 0.25) is 5.28 Å². The van der Waals surface area contributed by atoms with Crippen LogP contribution in [-0.4, -0.2) is 41.7 Å². The molecule has 2 atom stereocenters. The molecule has 6 nitrogen and oxygen atoms in total. The summed E-state index contributed by atoms with van der Waals surface area (Å²) in [5.41, 5.74) is 2.94. The van der Waals surface area contributed by atoms with E-state index < -0.39 is 0 Å². The first-order chi connectivity index (χ1) is 12.1. The van der Waals surface area contributed by atoms with Crippen LogP contribution in [0.3, 0.4) is 0 Å². The number of carbonyl (C=O) groups excluding carboxylic acids is 1. The number of hydrogen-bond acceptors (Lipinski definition) is 5. The molecule has 1 aromatic carbocycles. The van der Waals surface area contributed by atoms with Crippen LogP contribution < -0.4 is 9.80 Å². The second-order valence-corrected chi connectivity index (χ2v) is 6.76. The third-order valence-corrected chi connectivity index (χ3v) is 5.03. The monoisotopic (exact) mass is 358 g/mol. The molecule has 1 aromatic heterocycles. The van der Waals surface area contributed by atoms with E-state index in [-0.39, 0.29) is 23.3 Å². The minimum absolute atomic E-state index is 0.00574. The number of benzene rings is 1. The molecule has 130 valence electrons. The Hall–Kier alpha value is -2.18. The summed E-state index contributed by atoms with van der Waals surface area (Å²) in [5.74, 6) is 0.707. The van der Waals surface area contributed by atoms with Crippen molar-refractivity contribution < 1.29 is 9.53 Å². The summed E-state index contributed by atoms with van der Waals surface area (Å²) in [5, 5.41) is 0.182. The first-order valence-electron chi connectivity index (χ1n) is 8.33. The first kappa shape index (κ1) is 16.3. The molecular formula is C18H19ClN4O2. The summed E-state index contributed by atoms with van der Waals surface area (Å²) in [6, 6.07) is 7.69. The Bertz CT molecular complexity index is 811. The molecule has 0 radical (unpaired) electrons. The molecule has 1 amide bonds. The summed E-state index contributed by atoms with van der Waals surface area (Å²) in [4.78, 5) is 25.5. The van der Waals surface area contributed by atoms with Crippen LogP contribution in [0.25, 0.3) is 0 Å². The zero-order valence-electron chi connectivity index (χ0n) is 14.1. The number of morpholine rings is 1. The number of halogens is 1.